The molecule has 0 spiro atoms. The van der Waals surface area contributed by atoms with Crippen molar-refractivity contribution in [1.29, 1.82) is 0 Å². The molecule has 1 saturated heterocycles. The van der Waals surface area contributed by atoms with Gasteiger partial charge in [-0.15, -0.1) is 0 Å². The molecule has 6 heteroatoms. The van der Waals surface area contributed by atoms with Crippen molar-refractivity contribution in [1.82, 2.24) is 9.97 Å². The number of piperazine rings is 1. The minimum atomic E-state index is -0.200. The zero-order valence-electron chi connectivity index (χ0n) is 16.7. The van der Waals surface area contributed by atoms with E-state index in [0.717, 1.165) is 61.9 Å². The summed E-state index contributed by atoms with van der Waals surface area (Å²) in [7, 11) is 0. The van der Waals surface area contributed by atoms with E-state index in [4.69, 9.17) is 9.97 Å². The summed E-state index contributed by atoms with van der Waals surface area (Å²) in [5.41, 5.74) is 3.07. The van der Waals surface area contributed by atoms with Gasteiger partial charge in [-0.25, -0.2) is 9.37 Å². The first-order chi connectivity index (χ1) is 14.2. The van der Waals surface area contributed by atoms with Gasteiger partial charge in [-0.3, -0.25) is 0 Å². The fourth-order valence-electron chi connectivity index (χ4n) is 3.51. The third-order valence-electron chi connectivity index (χ3n) is 5.11. The van der Waals surface area contributed by atoms with Crippen LogP contribution in [0.4, 0.5) is 21.8 Å². The van der Waals surface area contributed by atoms with Crippen LogP contribution in [0, 0.1) is 5.82 Å². The SMILES string of the molecule is CCCNc1nc(-c2ccccc2)cc(N2CCN(c3ccc(F)cc3)CC2)n1. The molecule has 0 aliphatic carbocycles. The van der Waals surface area contributed by atoms with Crippen molar-refractivity contribution < 1.29 is 4.39 Å². The van der Waals surface area contributed by atoms with Crippen LogP contribution in [0.3, 0.4) is 0 Å². The van der Waals surface area contributed by atoms with E-state index in [-0.39, 0.29) is 5.82 Å². The van der Waals surface area contributed by atoms with Crippen LogP contribution in [0.1, 0.15) is 13.3 Å². The Morgan fingerprint density at radius 3 is 2.28 bits per heavy atom. The number of nitrogens with one attached hydrogen (secondary N) is 1. The lowest BCUT2D eigenvalue weighted by molar-refractivity contribution is 0.624. The molecule has 1 aliphatic rings. The van der Waals surface area contributed by atoms with Crippen molar-refractivity contribution in [2.45, 2.75) is 13.3 Å². The number of hydrogen-bond acceptors (Lipinski definition) is 5. The smallest absolute Gasteiger partial charge is 0.225 e. The fourth-order valence-corrected chi connectivity index (χ4v) is 3.51. The molecule has 1 N–H and O–H groups in total. The van der Waals surface area contributed by atoms with Crippen molar-refractivity contribution in [3.05, 3.63) is 66.5 Å². The Hall–Kier alpha value is -3.15. The van der Waals surface area contributed by atoms with Crippen LogP contribution in [-0.2, 0) is 0 Å². The number of rotatable bonds is 6. The normalized spacial score (nSPS) is 14.1. The van der Waals surface area contributed by atoms with E-state index in [9.17, 15) is 4.39 Å². The second kappa shape index (κ2) is 8.90. The molecule has 2 heterocycles. The van der Waals surface area contributed by atoms with Crippen molar-refractivity contribution in [3.63, 3.8) is 0 Å². The molecule has 0 radical (unpaired) electrons. The van der Waals surface area contributed by atoms with Crippen molar-refractivity contribution in [2.75, 3.05) is 47.8 Å². The van der Waals surface area contributed by atoms with E-state index in [2.05, 4.69) is 40.2 Å². The summed E-state index contributed by atoms with van der Waals surface area (Å²) in [4.78, 5) is 14.1. The van der Waals surface area contributed by atoms with Gasteiger partial charge in [0.1, 0.15) is 11.6 Å². The van der Waals surface area contributed by atoms with Gasteiger partial charge in [0.2, 0.25) is 5.95 Å². The van der Waals surface area contributed by atoms with E-state index in [1.165, 1.54) is 12.1 Å². The molecule has 0 atom stereocenters. The van der Waals surface area contributed by atoms with Crippen LogP contribution in [0.2, 0.25) is 0 Å². The second-order valence-corrected chi connectivity index (χ2v) is 7.18. The highest BCUT2D eigenvalue weighted by molar-refractivity contribution is 5.65. The summed E-state index contributed by atoms with van der Waals surface area (Å²) in [6, 6.07) is 19.0. The summed E-state index contributed by atoms with van der Waals surface area (Å²) < 4.78 is 13.2. The minimum Gasteiger partial charge on any atom is -0.368 e. The van der Waals surface area contributed by atoms with Gasteiger partial charge >= 0.3 is 0 Å². The molecule has 0 amide bonds. The van der Waals surface area contributed by atoms with Crippen LogP contribution in [0.5, 0.6) is 0 Å². The van der Waals surface area contributed by atoms with Gasteiger partial charge in [0.05, 0.1) is 5.69 Å². The molecule has 1 aliphatic heterocycles. The maximum absolute atomic E-state index is 13.2. The molecule has 5 nitrogen and oxygen atoms in total. The third kappa shape index (κ3) is 4.65. The third-order valence-corrected chi connectivity index (χ3v) is 5.11. The number of aromatic nitrogens is 2. The maximum atomic E-state index is 13.2. The highest BCUT2D eigenvalue weighted by Crippen LogP contribution is 2.25. The monoisotopic (exact) mass is 391 g/mol. The van der Waals surface area contributed by atoms with Gasteiger partial charge in [-0.05, 0) is 30.7 Å². The highest BCUT2D eigenvalue weighted by Gasteiger charge is 2.20. The number of benzene rings is 2. The van der Waals surface area contributed by atoms with Gasteiger partial charge in [0, 0.05) is 50.0 Å². The Labute approximate surface area is 171 Å². The number of hydrogen-bond donors (Lipinski definition) is 1. The van der Waals surface area contributed by atoms with E-state index in [0.29, 0.717) is 5.95 Å². The molecule has 29 heavy (non-hydrogen) atoms. The Balaban J connectivity index is 1.53. The summed E-state index contributed by atoms with van der Waals surface area (Å²) in [5.74, 6) is 1.41. The van der Waals surface area contributed by atoms with Crippen LogP contribution in [0.15, 0.2) is 60.7 Å². The minimum absolute atomic E-state index is 0.200. The number of halogens is 1. The van der Waals surface area contributed by atoms with Gasteiger partial charge in [-0.2, -0.15) is 4.98 Å². The molecule has 0 bridgehead atoms. The number of nitrogens with zero attached hydrogens (tertiary/aromatic N) is 4. The second-order valence-electron chi connectivity index (χ2n) is 7.18. The van der Waals surface area contributed by atoms with Crippen LogP contribution >= 0.6 is 0 Å². The molecule has 0 unspecified atom stereocenters. The van der Waals surface area contributed by atoms with Crippen molar-refractivity contribution in [2.24, 2.45) is 0 Å². The molecule has 4 rings (SSSR count). The first-order valence-corrected chi connectivity index (χ1v) is 10.2. The summed E-state index contributed by atoms with van der Waals surface area (Å²) >= 11 is 0. The molecule has 0 saturated carbocycles. The molecule has 150 valence electrons. The lowest BCUT2D eigenvalue weighted by Crippen LogP contribution is -2.46. The molecule has 2 aromatic carbocycles. The van der Waals surface area contributed by atoms with Gasteiger partial charge in [-0.1, -0.05) is 37.3 Å². The Bertz CT molecular complexity index is 922. The highest BCUT2D eigenvalue weighted by atomic mass is 19.1. The van der Waals surface area contributed by atoms with Gasteiger partial charge in [0.25, 0.3) is 0 Å². The van der Waals surface area contributed by atoms with Gasteiger partial charge < -0.3 is 15.1 Å². The van der Waals surface area contributed by atoms with E-state index < -0.39 is 0 Å². The van der Waals surface area contributed by atoms with Crippen LogP contribution in [-0.4, -0.2) is 42.7 Å². The maximum Gasteiger partial charge on any atom is 0.225 e. The molecular weight excluding hydrogens is 365 g/mol. The average molecular weight is 391 g/mol. The van der Waals surface area contributed by atoms with E-state index >= 15 is 0 Å². The lowest BCUT2D eigenvalue weighted by Gasteiger charge is -2.37. The number of anilines is 3. The average Bonchev–Trinajstić information content (AvgIpc) is 2.79. The lowest BCUT2D eigenvalue weighted by atomic mass is 10.1. The standard InChI is InChI=1S/C23H26FN5/c1-2-12-25-23-26-21(18-6-4-3-5-7-18)17-22(27-23)29-15-13-28(14-16-29)20-10-8-19(24)9-11-20/h3-11,17H,2,12-16H2,1H3,(H,25,26,27). The van der Waals surface area contributed by atoms with E-state index in [1.807, 2.05) is 30.3 Å². The van der Waals surface area contributed by atoms with Crippen LogP contribution < -0.4 is 15.1 Å². The zero-order chi connectivity index (χ0) is 20.1. The summed E-state index contributed by atoms with van der Waals surface area (Å²) in [5, 5.41) is 3.33. The topological polar surface area (TPSA) is 44.3 Å². The molecule has 3 aromatic rings. The largest absolute Gasteiger partial charge is 0.368 e. The molecular formula is C23H26FN5. The predicted molar refractivity (Wildman–Crippen MR) is 117 cm³/mol. The van der Waals surface area contributed by atoms with Crippen LogP contribution in [0.25, 0.3) is 11.3 Å². The van der Waals surface area contributed by atoms with E-state index in [1.54, 1.807) is 0 Å². The van der Waals surface area contributed by atoms with Gasteiger partial charge in [0.15, 0.2) is 0 Å². The predicted octanol–water partition coefficient (Wildman–Crippen LogP) is 4.43. The van der Waals surface area contributed by atoms with Crippen molar-refractivity contribution >= 4 is 17.5 Å². The molecule has 1 fully saturated rings. The Morgan fingerprint density at radius 1 is 0.897 bits per heavy atom. The Morgan fingerprint density at radius 2 is 1.59 bits per heavy atom. The summed E-state index contributed by atoms with van der Waals surface area (Å²) in [6.07, 6.45) is 1.02. The summed E-state index contributed by atoms with van der Waals surface area (Å²) in [6.45, 7) is 6.42. The first kappa shape index (κ1) is 19.2. The van der Waals surface area contributed by atoms with Crippen molar-refractivity contribution in [3.8, 4) is 11.3 Å². The zero-order valence-corrected chi connectivity index (χ0v) is 16.7. The fraction of sp³-hybridized carbons (Fsp3) is 0.304. The molecule has 1 aromatic heterocycles. The Kier molecular flexibility index (Phi) is 5.89. The quantitative estimate of drug-likeness (QED) is 0.673. The first-order valence-electron chi connectivity index (χ1n) is 10.2.